The Hall–Kier alpha value is -4.22. The number of hydrogen-bond donors (Lipinski definition) is 6. The maximum atomic E-state index is 14.1. The maximum absolute atomic E-state index is 14.1. The summed E-state index contributed by atoms with van der Waals surface area (Å²) in [7, 11) is 0. The second kappa shape index (κ2) is 19.7. The van der Waals surface area contributed by atoms with Crippen LogP contribution in [0.15, 0.2) is 60.8 Å². The average Bonchev–Trinajstić information content (AvgIpc) is 3.49. The van der Waals surface area contributed by atoms with E-state index in [1.54, 1.807) is 0 Å². The van der Waals surface area contributed by atoms with Gasteiger partial charge in [0.25, 0.3) is 0 Å². The number of alkyl carbamates (subject to hydrolysis) is 1. The van der Waals surface area contributed by atoms with Crippen LogP contribution in [0.5, 0.6) is 0 Å². The molecule has 0 aliphatic carbocycles. The number of benzene rings is 2. The highest BCUT2D eigenvalue weighted by atomic mass is 16.5. The van der Waals surface area contributed by atoms with Crippen molar-refractivity contribution in [3.63, 3.8) is 0 Å². The molecule has 11 heteroatoms. The predicted molar refractivity (Wildman–Crippen MR) is 191 cm³/mol. The van der Waals surface area contributed by atoms with Gasteiger partial charge in [-0.2, -0.15) is 0 Å². The number of nitrogens with one attached hydrogen (secondary N) is 4. The van der Waals surface area contributed by atoms with E-state index in [1.807, 2.05) is 95.4 Å². The SMILES string of the molecule is CCCC(C(=O)[C@@H](N)Cc1c[nH]c2ccccc12)[C@H](NC(=O)OCc1ccccc1)C(=O)NC(CC(C)C)C(O)CC(=O)NCC(C)CC. The summed E-state index contributed by atoms with van der Waals surface area (Å²) in [5.41, 5.74) is 9.09. The van der Waals surface area contributed by atoms with Gasteiger partial charge in [-0.15, -0.1) is 0 Å². The molecule has 0 fully saturated rings. The molecule has 2 aromatic carbocycles. The van der Waals surface area contributed by atoms with Gasteiger partial charge >= 0.3 is 6.09 Å². The van der Waals surface area contributed by atoms with Gasteiger partial charge in [0.1, 0.15) is 12.6 Å². The summed E-state index contributed by atoms with van der Waals surface area (Å²) >= 11 is 0. The quantitative estimate of drug-likeness (QED) is 0.0999. The van der Waals surface area contributed by atoms with Gasteiger partial charge in [-0.05, 0) is 48.3 Å². The Bertz CT molecular complexity index is 1490. The summed E-state index contributed by atoms with van der Waals surface area (Å²) in [6, 6.07) is 13.7. The van der Waals surface area contributed by atoms with Crippen LogP contribution >= 0.6 is 0 Å². The van der Waals surface area contributed by atoms with E-state index in [4.69, 9.17) is 10.5 Å². The number of ketones is 1. The molecule has 4 unspecified atom stereocenters. The fourth-order valence-corrected chi connectivity index (χ4v) is 5.87. The molecule has 11 nitrogen and oxygen atoms in total. The Morgan fingerprint density at radius 3 is 2.33 bits per heavy atom. The van der Waals surface area contributed by atoms with Crippen molar-refractivity contribution < 1.29 is 29.0 Å². The third-order valence-corrected chi connectivity index (χ3v) is 8.87. The zero-order valence-electron chi connectivity index (χ0n) is 29.5. The van der Waals surface area contributed by atoms with Gasteiger partial charge in [-0.3, -0.25) is 14.4 Å². The molecule has 0 radical (unpaired) electrons. The van der Waals surface area contributed by atoms with Gasteiger partial charge in [0, 0.05) is 29.6 Å². The van der Waals surface area contributed by atoms with Crippen LogP contribution in [0.2, 0.25) is 0 Å². The Morgan fingerprint density at radius 1 is 0.959 bits per heavy atom. The minimum absolute atomic E-state index is 0.0338. The fraction of sp³-hybridized carbons (Fsp3) is 0.526. The van der Waals surface area contributed by atoms with Crippen molar-refractivity contribution in [1.29, 1.82) is 0 Å². The van der Waals surface area contributed by atoms with E-state index < -0.39 is 42.1 Å². The first-order chi connectivity index (χ1) is 23.4. The van der Waals surface area contributed by atoms with Gasteiger partial charge in [-0.25, -0.2) is 4.79 Å². The third-order valence-electron chi connectivity index (χ3n) is 8.87. The van der Waals surface area contributed by atoms with Crippen molar-refractivity contribution in [3.8, 4) is 0 Å². The summed E-state index contributed by atoms with van der Waals surface area (Å²) in [5.74, 6) is -1.99. The van der Waals surface area contributed by atoms with Crippen LogP contribution in [0.4, 0.5) is 4.79 Å². The number of H-pyrrole nitrogens is 1. The minimum Gasteiger partial charge on any atom is -0.445 e. The lowest BCUT2D eigenvalue weighted by atomic mass is 9.84. The zero-order chi connectivity index (χ0) is 35.9. The molecular formula is C38H55N5O6. The molecule has 268 valence electrons. The van der Waals surface area contributed by atoms with Gasteiger partial charge in [0.05, 0.1) is 24.6 Å². The number of rotatable bonds is 20. The van der Waals surface area contributed by atoms with Crippen LogP contribution in [0.25, 0.3) is 10.9 Å². The standard InChI is InChI=1S/C38H55N5O6/c1-6-13-29(36(46)30(39)19-27-22-40-31-17-12-11-16-28(27)31)35(43-38(48)49-23-26-14-9-8-10-15-26)37(47)42-32(18-24(3)4)33(44)20-34(45)41-21-25(5)7-2/h8-12,14-17,22,24-25,29-30,32-33,35,40,44H,6-7,13,18-21,23,39H2,1-5H3,(H,41,45)(H,42,47)(H,43,48)/t25?,29?,30-,32?,33?,35-/m0/s1. The lowest BCUT2D eigenvalue weighted by molar-refractivity contribution is -0.133. The minimum atomic E-state index is -1.34. The van der Waals surface area contributed by atoms with E-state index >= 15 is 0 Å². The van der Waals surface area contributed by atoms with Crippen LogP contribution in [0, 0.1) is 17.8 Å². The second-order valence-corrected chi connectivity index (χ2v) is 13.5. The molecule has 3 amide bonds. The number of aromatic amines is 1. The third kappa shape index (κ3) is 12.3. The highest BCUT2D eigenvalue weighted by Gasteiger charge is 2.39. The molecule has 1 aromatic heterocycles. The Morgan fingerprint density at radius 2 is 1.65 bits per heavy atom. The van der Waals surface area contributed by atoms with Crippen LogP contribution in [-0.4, -0.2) is 64.6 Å². The van der Waals surface area contributed by atoms with Crippen molar-refractivity contribution in [2.24, 2.45) is 23.5 Å². The molecule has 0 aliphatic heterocycles. The second-order valence-electron chi connectivity index (χ2n) is 13.5. The van der Waals surface area contributed by atoms with E-state index in [0.29, 0.717) is 19.4 Å². The van der Waals surface area contributed by atoms with Crippen LogP contribution in [0.3, 0.4) is 0 Å². The largest absolute Gasteiger partial charge is 0.445 e. The van der Waals surface area contributed by atoms with Gasteiger partial charge < -0.3 is 36.5 Å². The van der Waals surface area contributed by atoms with Crippen LogP contribution < -0.4 is 21.7 Å². The van der Waals surface area contributed by atoms with E-state index in [-0.39, 0.29) is 49.4 Å². The number of amides is 3. The average molecular weight is 678 g/mol. The van der Waals surface area contributed by atoms with Crippen molar-refractivity contribution >= 4 is 34.6 Å². The van der Waals surface area contributed by atoms with E-state index in [9.17, 15) is 24.3 Å². The summed E-state index contributed by atoms with van der Waals surface area (Å²) in [5, 5.41) is 20.5. The number of para-hydroxylation sites is 1. The van der Waals surface area contributed by atoms with E-state index in [2.05, 4.69) is 20.9 Å². The highest BCUT2D eigenvalue weighted by molar-refractivity contribution is 5.96. The topological polar surface area (TPSA) is 176 Å². The first-order valence-electron chi connectivity index (χ1n) is 17.5. The number of aliphatic hydroxyl groups excluding tert-OH is 1. The molecule has 1 heterocycles. The van der Waals surface area contributed by atoms with E-state index in [1.165, 1.54) is 0 Å². The number of hydrogen-bond acceptors (Lipinski definition) is 7. The van der Waals surface area contributed by atoms with Gasteiger partial charge in [-0.1, -0.05) is 96.0 Å². The molecule has 3 aromatic rings. The van der Waals surface area contributed by atoms with Gasteiger partial charge in [0.2, 0.25) is 11.8 Å². The molecule has 0 saturated carbocycles. The number of Topliss-reactive ketones (excluding diaryl/α,β-unsaturated/α-hetero) is 1. The maximum Gasteiger partial charge on any atom is 0.408 e. The van der Waals surface area contributed by atoms with Crippen LogP contribution in [0.1, 0.15) is 77.8 Å². The van der Waals surface area contributed by atoms with E-state index in [0.717, 1.165) is 28.5 Å². The normalized spacial score (nSPS) is 15.1. The van der Waals surface area contributed by atoms with Crippen molar-refractivity contribution in [2.75, 3.05) is 6.54 Å². The van der Waals surface area contributed by atoms with Gasteiger partial charge in [0.15, 0.2) is 5.78 Å². The number of aliphatic hydroxyl groups is 1. The number of carbonyl (C=O) groups is 4. The number of ether oxygens (including phenoxy) is 1. The lowest BCUT2D eigenvalue weighted by Crippen LogP contribution is -2.58. The molecule has 0 bridgehead atoms. The Kier molecular flexibility index (Phi) is 15.8. The molecule has 6 atom stereocenters. The fourth-order valence-electron chi connectivity index (χ4n) is 5.87. The van der Waals surface area contributed by atoms with Crippen LogP contribution in [-0.2, 0) is 32.1 Å². The Labute approximate surface area is 290 Å². The first-order valence-corrected chi connectivity index (χ1v) is 17.5. The van der Waals surface area contributed by atoms with Crippen molar-refractivity contribution in [3.05, 3.63) is 71.9 Å². The molecule has 49 heavy (non-hydrogen) atoms. The highest BCUT2D eigenvalue weighted by Crippen LogP contribution is 2.23. The molecule has 3 rings (SSSR count). The lowest BCUT2D eigenvalue weighted by Gasteiger charge is -2.31. The summed E-state index contributed by atoms with van der Waals surface area (Å²) in [6.45, 7) is 10.3. The number of nitrogens with two attached hydrogens (primary N) is 1. The Balaban J connectivity index is 1.85. The molecule has 0 aliphatic rings. The summed E-state index contributed by atoms with van der Waals surface area (Å²) in [4.78, 5) is 57.3. The van der Waals surface area contributed by atoms with Crippen molar-refractivity contribution in [1.82, 2.24) is 20.9 Å². The zero-order valence-corrected chi connectivity index (χ0v) is 29.5. The van der Waals surface area contributed by atoms with Crippen molar-refractivity contribution in [2.45, 2.75) is 104 Å². The molecular weight excluding hydrogens is 622 g/mol. The molecule has 0 spiro atoms. The summed E-state index contributed by atoms with van der Waals surface area (Å²) < 4.78 is 5.46. The smallest absolute Gasteiger partial charge is 0.408 e. The monoisotopic (exact) mass is 677 g/mol. The molecule has 0 saturated heterocycles. The first kappa shape index (κ1) is 39.2. The number of carbonyl (C=O) groups excluding carboxylic acids is 4. The summed E-state index contributed by atoms with van der Waals surface area (Å²) in [6.07, 6.45) is 1.86. The number of fused-ring (bicyclic) bond motifs is 1. The predicted octanol–water partition coefficient (Wildman–Crippen LogP) is 4.76. The molecule has 7 N–H and O–H groups in total. The number of aromatic nitrogens is 1.